The highest BCUT2D eigenvalue weighted by molar-refractivity contribution is 7.16. The summed E-state index contributed by atoms with van der Waals surface area (Å²) in [5.74, 6) is 0.422. The summed E-state index contributed by atoms with van der Waals surface area (Å²) in [6, 6.07) is 21.2. The molecule has 0 aliphatic heterocycles. The first-order valence-electron chi connectivity index (χ1n) is 14.3. The zero-order chi connectivity index (χ0) is 30.3. The van der Waals surface area contributed by atoms with Crippen LogP contribution in [0.3, 0.4) is 0 Å². The highest BCUT2D eigenvalue weighted by Crippen LogP contribution is 2.45. The number of carbonyl (C=O) groups is 1. The normalized spacial score (nSPS) is 15.3. The number of fused-ring (bicyclic) bond motifs is 2. The first kappa shape index (κ1) is 30.0. The number of carbonyl (C=O) groups excluding carboxylic acids is 1. The number of amides is 1. The lowest BCUT2D eigenvalue weighted by Gasteiger charge is -2.33. The molecule has 6 rings (SSSR count). The van der Waals surface area contributed by atoms with Crippen LogP contribution in [-0.4, -0.2) is 16.7 Å². The van der Waals surface area contributed by atoms with Gasteiger partial charge in [0, 0.05) is 51.0 Å². The van der Waals surface area contributed by atoms with Crippen LogP contribution in [0, 0.1) is 11.3 Å². The topological polar surface area (TPSA) is 46.4 Å². The lowest BCUT2D eigenvalue weighted by atomic mass is 9.72. The van der Waals surface area contributed by atoms with Crippen LogP contribution in [-0.2, 0) is 19.4 Å². The van der Waals surface area contributed by atoms with Crippen LogP contribution in [0.4, 0.5) is 10.7 Å². The molecule has 2 aromatic heterocycles. The van der Waals surface area contributed by atoms with Crippen LogP contribution >= 0.6 is 46.1 Å². The molecule has 0 fully saturated rings. The van der Waals surface area contributed by atoms with Gasteiger partial charge in [0.2, 0.25) is 0 Å². The highest BCUT2D eigenvalue weighted by Gasteiger charge is 2.33. The monoisotopic (exact) mass is 647 g/mol. The smallest absolute Gasteiger partial charge is 0.259 e. The van der Waals surface area contributed by atoms with Gasteiger partial charge in [0.05, 0.1) is 15.6 Å². The molecule has 2 heterocycles. The SMILES string of the molecule is CC(C)(C)[C@H]1CCc2c(sc(N=Cc3cn(Cc4ccc(Cl)c(Cl)c4)c4ccccc34)c2C(=O)Nc2ccc(Cl)cc2)C1. The Morgan fingerprint density at radius 1 is 1.05 bits per heavy atom. The van der Waals surface area contributed by atoms with E-state index >= 15 is 0 Å². The number of nitrogens with zero attached hydrogens (tertiary/aromatic N) is 2. The van der Waals surface area contributed by atoms with Gasteiger partial charge < -0.3 is 9.88 Å². The molecular weight excluding hydrogens is 617 g/mol. The molecule has 0 saturated carbocycles. The molecule has 1 aliphatic rings. The van der Waals surface area contributed by atoms with E-state index in [0.29, 0.717) is 38.8 Å². The summed E-state index contributed by atoms with van der Waals surface area (Å²) in [6.07, 6.45) is 6.89. The Hall–Kier alpha value is -3.09. The van der Waals surface area contributed by atoms with E-state index in [1.165, 1.54) is 4.88 Å². The van der Waals surface area contributed by atoms with Gasteiger partial charge in [-0.2, -0.15) is 0 Å². The first-order valence-corrected chi connectivity index (χ1v) is 16.3. The standard InChI is InChI=1S/C35H32Cl3N3OS/c1-35(2,3)23-9-14-27-31(17-23)43-34(32(27)33(42)40-25-12-10-24(36)11-13-25)39-18-22-20-41(30-7-5-4-6-26(22)30)19-21-8-15-28(37)29(38)16-21/h4-8,10-13,15-16,18,20,23H,9,14,17,19H2,1-3H3,(H,40,42)/t23-/m0/s1. The number of benzene rings is 3. The zero-order valence-electron chi connectivity index (χ0n) is 24.3. The Morgan fingerprint density at radius 3 is 2.56 bits per heavy atom. The summed E-state index contributed by atoms with van der Waals surface area (Å²) in [4.78, 5) is 20.0. The summed E-state index contributed by atoms with van der Waals surface area (Å²) >= 11 is 20.2. The van der Waals surface area contributed by atoms with E-state index in [9.17, 15) is 4.79 Å². The predicted molar refractivity (Wildman–Crippen MR) is 183 cm³/mol. The summed E-state index contributed by atoms with van der Waals surface area (Å²) in [5.41, 5.74) is 5.85. The molecule has 8 heteroatoms. The Morgan fingerprint density at radius 2 is 1.81 bits per heavy atom. The van der Waals surface area contributed by atoms with Crippen LogP contribution in [0.15, 0.2) is 77.9 Å². The molecule has 43 heavy (non-hydrogen) atoms. The van der Waals surface area contributed by atoms with Crippen molar-refractivity contribution in [2.24, 2.45) is 16.3 Å². The van der Waals surface area contributed by atoms with Gasteiger partial charge in [-0.3, -0.25) is 4.79 Å². The van der Waals surface area contributed by atoms with Crippen molar-refractivity contribution in [3.8, 4) is 0 Å². The Kier molecular flexibility index (Phi) is 8.45. The maximum absolute atomic E-state index is 13.8. The Labute approximate surface area is 271 Å². The molecule has 0 bridgehead atoms. The molecule has 0 unspecified atom stereocenters. The van der Waals surface area contributed by atoms with E-state index in [2.05, 4.69) is 49.0 Å². The third kappa shape index (κ3) is 6.41. The maximum Gasteiger partial charge on any atom is 0.259 e. The fourth-order valence-corrected chi connectivity index (χ4v) is 7.55. The third-order valence-corrected chi connectivity index (χ3v) is 10.4. The molecular formula is C35H32Cl3N3OS. The molecule has 1 atom stereocenters. The molecule has 3 aromatic carbocycles. The number of hydrogen-bond donors (Lipinski definition) is 1. The first-order chi connectivity index (χ1) is 20.6. The number of aromatic nitrogens is 1. The summed E-state index contributed by atoms with van der Waals surface area (Å²) in [6.45, 7) is 7.55. The van der Waals surface area contributed by atoms with Gasteiger partial charge in [-0.25, -0.2) is 4.99 Å². The fraction of sp³-hybridized carbons (Fsp3) is 0.257. The molecule has 1 amide bonds. The fourth-order valence-electron chi connectivity index (χ4n) is 5.83. The summed E-state index contributed by atoms with van der Waals surface area (Å²) in [5, 5.41) is 6.62. The average molecular weight is 649 g/mol. The van der Waals surface area contributed by atoms with Gasteiger partial charge in [-0.15, -0.1) is 11.3 Å². The van der Waals surface area contributed by atoms with Crippen LogP contribution < -0.4 is 5.32 Å². The van der Waals surface area contributed by atoms with Crippen molar-refractivity contribution in [3.05, 3.63) is 115 Å². The van der Waals surface area contributed by atoms with Crippen molar-refractivity contribution in [2.75, 3.05) is 5.32 Å². The number of thiophene rings is 1. The second-order valence-electron chi connectivity index (χ2n) is 12.2. The lowest BCUT2D eigenvalue weighted by molar-refractivity contribution is 0.102. The van der Waals surface area contributed by atoms with E-state index in [-0.39, 0.29) is 11.3 Å². The van der Waals surface area contributed by atoms with E-state index in [4.69, 9.17) is 39.8 Å². The minimum atomic E-state index is -0.136. The second kappa shape index (κ2) is 12.1. The van der Waals surface area contributed by atoms with Crippen molar-refractivity contribution in [1.29, 1.82) is 0 Å². The number of hydrogen-bond acceptors (Lipinski definition) is 3. The van der Waals surface area contributed by atoms with E-state index < -0.39 is 0 Å². The van der Waals surface area contributed by atoms with Crippen LogP contribution in [0.2, 0.25) is 15.1 Å². The molecule has 1 N–H and O–H groups in total. The number of anilines is 1. The van der Waals surface area contributed by atoms with Crippen molar-refractivity contribution in [3.63, 3.8) is 0 Å². The number of aliphatic imine (C=N–C) groups is 1. The second-order valence-corrected chi connectivity index (χ2v) is 14.5. The van der Waals surface area contributed by atoms with Gasteiger partial charge in [0.15, 0.2) is 0 Å². The molecule has 220 valence electrons. The van der Waals surface area contributed by atoms with Crippen LogP contribution in [0.1, 0.15) is 59.1 Å². The molecule has 5 aromatic rings. The molecule has 0 spiro atoms. The summed E-state index contributed by atoms with van der Waals surface area (Å²) in [7, 11) is 0. The molecule has 0 radical (unpaired) electrons. The minimum absolute atomic E-state index is 0.136. The van der Waals surface area contributed by atoms with E-state index in [1.807, 2.05) is 48.7 Å². The van der Waals surface area contributed by atoms with Crippen molar-refractivity contribution in [2.45, 2.75) is 46.6 Å². The van der Waals surface area contributed by atoms with E-state index in [1.54, 1.807) is 23.5 Å². The largest absolute Gasteiger partial charge is 0.342 e. The zero-order valence-corrected chi connectivity index (χ0v) is 27.3. The van der Waals surface area contributed by atoms with Gasteiger partial charge >= 0.3 is 0 Å². The van der Waals surface area contributed by atoms with E-state index in [0.717, 1.165) is 51.9 Å². The molecule has 4 nitrogen and oxygen atoms in total. The van der Waals surface area contributed by atoms with Crippen LogP contribution in [0.25, 0.3) is 10.9 Å². The van der Waals surface area contributed by atoms with Crippen molar-refractivity contribution in [1.82, 2.24) is 4.57 Å². The van der Waals surface area contributed by atoms with Crippen molar-refractivity contribution >= 4 is 79.9 Å². The van der Waals surface area contributed by atoms with Gasteiger partial charge in [-0.05, 0) is 84.2 Å². The highest BCUT2D eigenvalue weighted by atomic mass is 35.5. The Bertz CT molecular complexity index is 1850. The quantitative estimate of drug-likeness (QED) is 0.183. The third-order valence-electron chi connectivity index (χ3n) is 8.28. The Balaban J connectivity index is 1.37. The number of nitrogens with one attached hydrogen (secondary N) is 1. The maximum atomic E-state index is 13.8. The van der Waals surface area contributed by atoms with Crippen LogP contribution in [0.5, 0.6) is 0 Å². The van der Waals surface area contributed by atoms with Gasteiger partial charge in [0.25, 0.3) is 5.91 Å². The van der Waals surface area contributed by atoms with Crippen molar-refractivity contribution < 1.29 is 4.79 Å². The van der Waals surface area contributed by atoms with Gasteiger partial charge in [-0.1, -0.05) is 79.8 Å². The number of halogens is 3. The lowest BCUT2D eigenvalue weighted by Crippen LogP contribution is -2.27. The molecule has 0 saturated heterocycles. The number of rotatable bonds is 6. The molecule has 1 aliphatic carbocycles. The predicted octanol–water partition coefficient (Wildman–Crippen LogP) is 10.9. The summed E-state index contributed by atoms with van der Waals surface area (Å²) < 4.78 is 2.19. The van der Waals surface area contributed by atoms with Gasteiger partial charge in [0.1, 0.15) is 5.00 Å². The number of para-hydroxylation sites is 1. The average Bonchev–Trinajstić information content (AvgIpc) is 3.52. The minimum Gasteiger partial charge on any atom is -0.342 e.